The van der Waals surface area contributed by atoms with Gasteiger partial charge in [0.1, 0.15) is 12.3 Å². The van der Waals surface area contributed by atoms with E-state index in [1.165, 1.54) is 0 Å². The van der Waals surface area contributed by atoms with Gasteiger partial charge in [0.25, 0.3) is 0 Å². The quantitative estimate of drug-likeness (QED) is 0.651. The first-order valence-corrected chi connectivity index (χ1v) is 6.71. The highest BCUT2D eigenvalue weighted by molar-refractivity contribution is 5.53. The van der Waals surface area contributed by atoms with Gasteiger partial charge in [0.2, 0.25) is 5.88 Å². The molecule has 1 aromatic heterocycles. The second-order valence-corrected chi connectivity index (χ2v) is 4.35. The monoisotopic (exact) mass is 271 g/mol. The molecule has 1 aromatic rings. The van der Waals surface area contributed by atoms with Crippen molar-refractivity contribution in [2.24, 2.45) is 7.05 Å². The molecule has 6 heteroatoms. The Morgan fingerprint density at radius 1 is 1.21 bits per heavy atom. The van der Waals surface area contributed by atoms with Gasteiger partial charge >= 0.3 is 0 Å². The van der Waals surface area contributed by atoms with Gasteiger partial charge in [-0.05, 0) is 12.8 Å². The van der Waals surface area contributed by atoms with Crippen LogP contribution < -0.4 is 10.5 Å². The van der Waals surface area contributed by atoms with E-state index in [2.05, 4.69) is 12.0 Å². The first kappa shape index (κ1) is 15.8. The number of methoxy groups -OCH3 is 1. The highest BCUT2D eigenvalue weighted by Crippen LogP contribution is 2.25. The number of nitrogens with two attached hydrogens (primary N) is 1. The lowest BCUT2D eigenvalue weighted by Crippen LogP contribution is -2.11. The van der Waals surface area contributed by atoms with Crippen LogP contribution in [-0.2, 0) is 22.9 Å². The molecule has 0 aliphatic carbocycles. The van der Waals surface area contributed by atoms with E-state index in [4.69, 9.17) is 19.9 Å². The minimum atomic E-state index is 0.474. The van der Waals surface area contributed by atoms with Crippen molar-refractivity contribution in [2.45, 2.75) is 26.2 Å². The Morgan fingerprint density at radius 3 is 2.68 bits per heavy atom. The van der Waals surface area contributed by atoms with Gasteiger partial charge in [-0.1, -0.05) is 13.3 Å². The lowest BCUT2D eigenvalue weighted by molar-refractivity contribution is 0.0787. The van der Waals surface area contributed by atoms with Crippen LogP contribution in [0.15, 0.2) is 0 Å². The van der Waals surface area contributed by atoms with Crippen LogP contribution in [-0.4, -0.2) is 43.3 Å². The number of rotatable bonds is 10. The molecule has 0 amide bonds. The molecule has 110 valence electrons. The van der Waals surface area contributed by atoms with E-state index < -0.39 is 0 Å². The topological polar surface area (TPSA) is 71.5 Å². The van der Waals surface area contributed by atoms with E-state index in [-0.39, 0.29) is 0 Å². The fourth-order valence-electron chi connectivity index (χ4n) is 1.78. The Morgan fingerprint density at radius 2 is 2.00 bits per heavy atom. The third-order valence-electron chi connectivity index (χ3n) is 2.70. The van der Waals surface area contributed by atoms with Crippen LogP contribution >= 0.6 is 0 Å². The van der Waals surface area contributed by atoms with E-state index in [1.54, 1.807) is 11.8 Å². The van der Waals surface area contributed by atoms with E-state index >= 15 is 0 Å². The second-order valence-electron chi connectivity index (χ2n) is 4.35. The van der Waals surface area contributed by atoms with Gasteiger partial charge in [0.15, 0.2) is 0 Å². The number of nitrogens with zero attached hydrogens (tertiary/aromatic N) is 2. The van der Waals surface area contributed by atoms with Crippen LogP contribution in [0.25, 0.3) is 0 Å². The smallest absolute Gasteiger partial charge is 0.235 e. The minimum Gasteiger partial charge on any atom is -0.474 e. The zero-order valence-corrected chi connectivity index (χ0v) is 12.1. The summed E-state index contributed by atoms with van der Waals surface area (Å²) in [5.41, 5.74) is 7.55. The van der Waals surface area contributed by atoms with Crippen molar-refractivity contribution in [3.63, 3.8) is 0 Å². The first-order valence-electron chi connectivity index (χ1n) is 6.71. The molecule has 1 heterocycles. The van der Waals surface area contributed by atoms with Crippen LogP contribution in [0.3, 0.4) is 0 Å². The Kier molecular flexibility index (Phi) is 7.28. The zero-order valence-electron chi connectivity index (χ0n) is 12.1. The predicted octanol–water partition coefficient (Wildman–Crippen LogP) is 1.39. The maximum atomic E-state index is 6.01. The molecule has 6 nitrogen and oxygen atoms in total. The first-order chi connectivity index (χ1) is 9.20. The fraction of sp³-hybridized carbons (Fsp3) is 0.769. The molecular formula is C13H25N3O3. The summed E-state index contributed by atoms with van der Waals surface area (Å²) in [6, 6.07) is 0. The van der Waals surface area contributed by atoms with Crippen LogP contribution in [0, 0.1) is 0 Å². The Labute approximate surface area is 114 Å². The normalized spacial score (nSPS) is 10.9. The highest BCUT2D eigenvalue weighted by Gasteiger charge is 2.13. The molecular weight excluding hydrogens is 246 g/mol. The van der Waals surface area contributed by atoms with Gasteiger partial charge < -0.3 is 19.9 Å². The molecule has 0 saturated heterocycles. The zero-order chi connectivity index (χ0) is 14.1. The summed E-state index contributed by atoms with van der Waals surface area (Å²) in [6.07, 6.45) is 2.78. The molecule has 0 spiro atoms. The Balaban J connectivity index is 2.29. The lowest BCUT2D eigenvalue weighted by atomic mass is 10.2. The number of ether oxygens (including phenoxy) is 3. The van der Waals surface area contributed by atoms with Crippen molar-refractivity contribution in [1.29, 1.82) is 0 Å². The number of nitrogen functional groups attached to an aromatic ring is 1. The van der Waals surface area contributed by atoms with Crippen molar-refractivity contribution >= 4 is 5.69 Å². The molecule has 19 heavy (non-hydrogen) atoms. The summed E-state index contributed by atoms with van der Waals surface area (Å²) in [7, 11) is 3.52. The van der Waals surface area contributed by atoms with Gasteiger partial charge in [-0.25, -0.2) is 4.68 Å². The van der Waals surface area contributed by atoms with E-state index in [9.17, 15) is 0 Å². The number of anilines is 1. The molecule has 1 rings (SSSR count). The van der Waals surface area contributed by atoms with Crippen molar-refractivity contribution in [3.8, 4) is 5.88 Å². The third kappa shape index (κ3) is 5.08. The van der Waals surface area contributed by atoms with Gasteiger partial charge in [-0.2, -0.15) is 5.10 Å². The van der Waals surface area contributed by atoms with Crippen molar-refractivity contribution in [3.05, 3.63) is 5.69 Å². The summed E-state index contributed by atoms with van der Waals surface area (Å²) >= 11 is 0. The summed E-state index contributed by atoms with van der Waals surface area (Å²) in [6.45, 7) is 4.51. The van der Waals surface area contributed by atoms with E-state index in [1.807, 2.05) is 7.05 Å². The van der Waals surface area contributed by atoms with Crippen molar-refractivity contribution in [2.75, 3.05) is 39.3 Å². The molecule has 0 aliphatic heterocycles. The molecule has 0 radical (unpaired) electrons. The molecule has 0 saturated carbocycles. The van der Waals surface area contributed by atoms with Crippen molar-refractivity contribution < 1.29 is 14.2 Å². The number of aryl methyl sites for hydroxylation is 2. The standard InChI is InChI=1S/C13H25N3O3/c1-4-6-11-12(14)13(16(2)15-11)19-10-9-18-8-5-7-17-3/h4-10,14H2,1-3H3. The van der Waals surface area contributed by atoms with E-state index in [0.717, 1.165) is 31.6 Å². The van der Waals surface area contributed by atoms with E-state index in [0.29, 0.717) is 31.4 Å². The summed E-state index contributed by atoms with van der Waals surface area (Å²) in [5, 5.41) is 4.35. The highest BCUT2D eigenvalue weighted by atomic mass is 16.5. The summed E-state index contributed by atoms with van der Waals surface area (Å²) < 4.78 is 17.7. The SMILES string of the molecule is CCCc1nn(C)c(OCCOCCCOC)c1N. The lowest BCUT2D eigenvalue weighted by Gasteiger charge is -2.07. The molecule has 0 atom stereocenters. The van der Waals surface area contributed by atoms with Crippen molar-refractivity contribution in [1.82, 2.24) is 9.78 Å². The average molecular weight is 271 g/mol. The van der Waals surface area contributed by atoms with Crippen LogP contribution in [0.1, 0.15) is 25.5 Å². The predicted molar refractivity (Wildman–Crippen MR) is 74.4 cm³/mol. The third-order valence-corrected chi connectivity index (χ3v) is 2.70. The van der Waals surface area contributed by atoms with Crippen LogP contribution in [0.5, 0.6) is 5.88 Å². The fourth-order valence-corrected chi connectivity index (χ4v) is 1.78. The van der Waals surface area contributed by atoms with Crippen LogP contribution in [0.2, 0.25) is 0 Å². The summed E-state index contributed by atoms with van der Waals surface area (Å²) in [4.78, 5) is 0. The number of hydrogen-bond donors (Lipinski definition) is 1. The molecule has 0 aliphatic rings. The molecule has 0 fully saturated rings. The average Bonchev–Trinajstić information content (AvgIpc) is 2.65. The Hall–Kier alpha value is -1.27. The van der Waals surface area contributed by atoms with Gasteiger partial charge in [-0.15, -0.1) is 0 Å². The number of aromatic nitrogens is 2. The number of hydrogen-bond acceptors (Lipinski definition) is 5. The maximum absolute atomic E-state index is 6.01. The minimum absolute atomic E-state index is 0.474. The second kappa shape index (κ2) is 8.77. The maximum Gasteiger partial charge on any atom is 0.235 e. The Bertz CT molecular complexity index is 366. The largest absolute Gasteiger partial charge is 0.474 e. The molecule has 2 N–H and O–H groups in total. The summed E-state index contributed by atoms with van der Waals surface area (Å²) in [5.74, 6) is 0.629. The molecule has 0 aromatic carbocycles. The van der Waals surface area contributed by atoms with Gasteiger partial charge in [0, 0.05) is 27.4 Å². The van der Waals surface area contributed by atoms with Gasteiger partial charge in [0.05, 0.1) is 12.3 Å². The van der Waals surface area contributed by atoms with Crippen LogP contribution in [0.4, 0.5) is 5.69 Å². The van der Waals surface area contributed by atoms with Gasteiger partial charge in [-0.3, -0.25) is 0 Å². The molecule has 0 bridgehead atoms. The molecule has 0 unspecified atom stereocenters.